The number of rotatable bonds is 8. The molecule has 18 heavy (non-hydrogen) atoms. The van der Waals surface area contributed by atoms with Gasteiger partial charge >= 0.3 is 0 Å². The van der Waals surface area contributed by atoms with Crippen LogP contribution in [0.5, 0.6) is 5.75 Å². The molecule has 0 aliphatic carbocycles. The Morgan fingerprint density at radius 3 is 2.28 bits per heavy atom. The third-order valence-electron chi connectivity index (χ3n) is 3.43. The molecule has 0 N–H and O–H groups in total. The van der Waals surface area contributed by atoms with Gasteiger partial charge in [-0.15, -0.1) is 0 Å². The minimum atomic E-state index is 0.266. The molecule has 1 radical (unpaired) electrons. The lowest BCUT2D eigenvalue weighted by molar-refractivity contribution is 0.396. The molecule has 0 heterocycles. The van der Waals surface area contributed by atoms with Crippen molar-refractivity contribution in [3.63, 3.8) is 0 Å². The monoisotopic (exact) mass is 247 g/mol. The largest absolute Gasteiger partial charge is 0.487 e. The highest BCUT2D eigenvalue weighted by atomic mass is 16.5. The van der Waals surface area contributed by atoms with Crippen LogP contribution in [0.3, 0.4) is 0 Å². The van der Waals surface area contributed by atoms with E-state index >= 15 is 0 Å². The van der Waals surface area contributed by atoms with Crippen LogP contribution in [0.2, 0.25) is 0 Å². The Morgan fingerprint density at radius 1 is 1.06 bits per heavy atom. The standard InChI is InChI=1S/C17H27O/c1-5-7-8-13-17(3,4)15-9-11-16(12-10-15)18-14-6-2/h9-12,14H,5-8,13H2,1-4H3. The van der Waals surface area contributed by atoms with E-state index in [-0.39, 0.29) is 5.41 Å². The first-order valence-corrected chi connectivity index (χ1v) is 7.19. The number of benzene rings is 1. The fraction of sp³-hybridized carbons (Fsp3) is 0.588. The molecule has 0 fully saturated rings. The van der Waals surface area contributed by atoms with Gasteiger partial charge in [-0.3, -0.25) is 0 Å². The van der Waals surface area contributed by atoms with Crippen molar-refractivity contribution in [1.82, 2.24) is 0 Å². The number of hydrogen-bond donors (Lipinski definition) is 0. The van der Waals surface area contributed by atoms with E-state index in [0.29, 0.717) is 0 Å². The van der Waals surface area contributed by atoms with Crippen LogP contribution < -0.4 is 4.74 Å². The van der Waals surface area contributed by atoms with Gasteiger partial charge in [-0.05, 0) is 36.0 Å². The molecule has 0 amide bonds. The lowest BCUT2D eigenvalue weighted by Crippen LogP contribution is -2.16. The van der Waals surface area contributed by atoms with Gasteiger partial charge in [-0.1, -0.05) is 59.1 Å². The maximum absolute atomic E-state index is 5.50. The molecule has 0 atom stereocenters. The zero-order valence-electron chi connectivity index (χ0n) is 12.3. The van der Waals surface area contributed by atoms with Crippen LogP contribution in [-0.4, -0.2) is 0 Å². The SMILES string of the molecule is CC[CH]Oc1ccc(C(C)(C)CCCCC)cc1. The lowest BCUT2D eigenvalue weighted by atomic mass is 9.80. The van der Waals surface area contributed by atoms with Crippen LogP contribution in [0.4, 0.5) is 0 Å². The second-order valence-corrected chi connectivity index (χ2v) is 5.56. The van der Waals surface area contributed by atoms with Crippen molar-refractivity contribution in [3.8, 4) is 5.75 Å². The van der Waals surface area contributed by atoms with E-state index in [1.807, 2.05) is 6.61 Å². The van der Waals surface area contributed by atoms with Crippen molar-refractivity contribution in [2.24, 2.45) is 0 Å². The van der Waals surface area contributed by atoms with Gasteiger partial charge in [0.15, 0.2) is 0 Å². The Morgan fingerprint density at radius 2 is 1.72 bits per heavy atom. The van der Waals surface area contributed by atoms with Crippen LogP contribution in [0.15, 0.2) is 24.3 Å². The smallest absolute Gasteiger partial charge is 0.135 e. The summed E-state index contributed by atoms with van der Waals surface area (Å²) in [5, 5.41) is 0. The van der Waals surface area contributed by atoms with Gasteiger partial charge in [0.2, 0.25) is 0 Å². The molecule has 0 bridgehead atoms. The predicted molar refractivity (Wildman–Crippen MR) is 78.8 cm³/mol. The van der Waals surface area contributed by atoms with Gasteiger partial charge in [0.1, 0.15) is 12.4 Å². The van der Waals surface area contributed by atoms with E-state index in [2.05, 4.69) is 52.0 Å². The molecule has 0 spiro atoms. The molecule has 0 saturated carbocycles. The second-order valence-electron chi connectivity index (χ2n) is 5.56. The van der Waals surface area contributed by atoms with Crippen molar-refractivity contribution in [2.45, 2.75) is 65.2 Å². The summed E-state index contributed by atoms with van der Waals surface area (Å²) < 4.78 is 5.50. The maximum Gasteiger partial charge on any atom is 0.135 e. The Balaban J connectivity index is 2.59. The summed E-state index contributed by atoms with van der Waals surface area (Å²) in [4.78, 5) is 0. The zero-order valence-corrected chi connectivity index (χ0v) is 12.3. The van der Waals surface area contributed by atoms with Crippen molar-refractivity contribution in [1.29, 1.82) is 0 Å². The van der Waals surface area contributed by atoms with Crippen molar-refractivity contribution >= 4 is 0 Å². The molecule has 0 aliphatic heterocycles. The van der Waals surface area contributed by atoms with Crippen LogP contribution in [0.1, 0.15) is 65.4 Å². The topological polar surface area (TPSA) is 9.23 Å². The quantitative estimate of drug-likeness (QED) is 0.551. The predicted octanol–water partition coefficient (Wildman–Crippen LogP) is 5.50. The van der Waals surface area contributed by atoms with Crippen LogP contribution in [0, 0.1) is 6.61 Å². The highest BCUT2D eigenvalue weighted by molar-refractivity contribution is 5.31. The Kier molecular flexibility index (Phi) is 6.24. The summed E-state index contributed by atoms with van der Waals surface area (Å²) >= 11 is 0. The van der Waals surface area contributed by atoms with E-state index in [1.165, 1.54) is 31.2 Å². The zero-order chi connectivity index (χ0) is 13.4. The number of unbranched alkanes of at least 4 members (excludes halogenated alkanes) is 2. The molecule has 1 aromatic carbocycles. The third kappa shape index (κ3) is 4.72. The molecular formula is C17H27O. The summed E-state index contributed by atoms with van der Waals surface area (Å²) in [6.45, 7) is 10.8. The number of ether oxygens (including phenoxy) is 1. The minimum absolute atomic E-state index is 0.266. The van der Waals surface area contributed by atoms with Crippen molar-refractivity contribution in [2.75, 3.05) is 0 Å². The highest BCUT2D eigenvalue weighted by Crippen LogP contribution is 2.30. The lowest BCUT2D eigenvalue weighted by Gasteiger charge is -2.25. The van der Waals surface area contributed by atoms with Crippen molar-refractivity contribution < 1.29 is 4.74 Å². The number of hydrogen-bond acceptors (Lipinski definition) is 1. The van der Waals surface area contributed by atoms with Gasteiger partial charge < -0.3 is 4.74 Å². The van der Waals surface area contributed by atoms with Crippen LogP contribution >= 0.6 is 0 Å². The first kappa shape index (κ1) is 15.1. The molecule has 101 valence electrons. The van der Waals surface area contributed by atoms with Crippen molar-refractivity contribution in [3.05, 3.63) is 36.4 Å². The molecule has 0 aliphatic rings. The van der Waals surface area contributed by atoms with Gasteiger partial charge in [-0.2, -0.15) is 0 Å². The summed E-state index contributed by atoms with van der Waals surface area (Å²) in [5.41, 5.74) is 1.67. The van der Waals surface area contributed by atoms with E-state index in [1.54, 1.807) is 0 Å². The summed E-state index contributed by atoms with van der Waals surface area (Å²) in [6.07, 6.45) is 6.11. The molecule has 0 aromatic heterocycles. The first-order valence-electron chi connectivity index (χ1n) is 7.19. The fourth-order valence-electron chi connectivity index (χ4n) is 2.13. The molecule has 1 heteroatoms. The molecule has 1 rings (SSSR count). The summed E-state index contributed by atoms with van der Waals surface area (Å²) in [7, 11) is 0. The van der Waals surface area contributed by atoms with E-state index in [4.69, 9.17) is 4.74 Å². The van der Waals surface area contributed by atoms with E-state index in [9.17, 15) is 0 Å². The fourth-order valence-corrected chi connectivity index (χ4v) is 2.13. The van der Waals surface area contributed by atoms with Crippen LogP contribution in [0.25, 0.3) is 0 Å². The average molecular weight is 247 g/mol. The maximum atomic E-state index is 5.50. The summed E-state index contributed by atoms with van der Waals surface area (Å²) in [6, 6.07) is 8.54. The first-order chi connectivity index (χ1) is 8.60. The van der Waals surface area contributed by atoms with Gasteiger partial charge in [0, 0.05) is 0 Å². The molecule has 1 nitrogen and oxygen atoms in total. The average Bonchev–Trinajstić information content (AvgIpc) is 2.37. The third-order valence-corrected chi connectivity index (χ3v) is 3.43. The molecule has 0 unspecified atom stereocenters. The Bertz CT molecular complexity index is 324. The van der Waals surface area contributed by atoms with Gasteiger partial charge in [0.05, 0.1) is 0 Å². The molecule has 0 saturated heterocycles. The Hall–Kier alpha value is -0.980. The van der Waals surface area contributed by atoms with E-state index in [0.717, 1.165) is 12.2 Å². The Labute approximate surface area is 113 Å². The summed E-state index contributed by atoms with van der Waals surface area (Å²) in [5.74, 6) is 0.935. The molecule has 1 aromatic rings. The van der Waals surface area contributed by atoms with Gasteiger partial charge in [-0.25, -0.2) is 0 Å². The second kappa shape index (κ2) is 7.45. The normalized spacial score (nSPS) is 11.6. The highest BCUT2D eigenvalue weighted by Gasteiger charge is 2.19. The van der Waals surface area contributed by atoms with Crippen LogP contribution in [-0.2, 0) is 5.41 Å². The van der Waals surface area contributed by atoms with E-state index < -0.39 is 0 Å². The van der Waals surface area contributed by atoms with Gasteiger partial charge in [0.25, 0.3) is 0 Å². The minimum Gasteiger partial charge on any atom is -0.487 e. The molecular weight excluding hydrogens is 220 g/mol.